The zero-order chi connectivity index (χ0) is 22.7. The Morgan fingerprint density at radius 2 is 1.83 bits per heavy atom. The monoisotopic (exact) mass is 434 g/mol. The second-order valence-electron chi connectivity index (χ2n) is 8.44. The highest BCUT2D eigenvalue weighted by Crippen LogP contribution is 2.33. The van der Waals surface area contributed by atoms with Gasteiger partial charge in [0.2, 0.25) is 15.9 Å². The van der Waals surface area contributed by atoms with E-state index in [4.69, 9.17) is 4.74 Å². The molecule has 2 aromatic rings. The third kappa shape index (κ3) is 6.66. The van der Waals surface area contributed by atoms with Crippen molar-refractivity contribution in [3.05, 3.63) is 53.1 Å². The van der Waals surface area contributed by atoms with Gasteiger partial charge < -0.3 is 15.2 Å². The molecule has 0 aliphatic rings. The lowest BCUT2D eigenvalue weighted by Crippen LogP contribution is -2.30. The minimum atomic E-state index is -3.38. The van der Waals surface area contributed by atoms with E-state index in [1.54, 1.807) is 37.3 Å². The van der Waals surface area contributed by atoms with E-state index in [9.17, 15) is 18.3 Å². The highest BCUT2D eigenvalue weighted by molar-refractivity contribution is 7.92. The zero-order valence-electron chi connectivity index (χ0n) is 18.2. The molecular weight excluding hydrogens is 404 g/mol. The van der Waals surface area contributed by atoms with E-state index in [2.05, 4.69) is 10.0 Å². The third-order valence-corrected chi connectivity index (χ3v) is 5.11. The number of aromatic hydroxyl groups is 1. The van der Waals surface area contributed by atoms with E-state index < -0.39 is 16.1 Å². The van der Waals surface area contributed by atoms with Crippen LogP contribution in [0.25, 0.3) is 0 Å². The van der Waals surface area contributed by atoms with Crippen LogP contribution >= 0.6 is 0 Å². The molecule has 0 heterocycles. The highest BCUT2D eigenvalue weighted by atomic mass is 32.2. The first-order valence-corrected chi connectivity index (χ1v) is 11.5. The molecule has 0 bridgehead atoms. The van der Waals surface area contributed by atoms with E-state index in [-0.39, 0.29) is 23.7 Å². The summed E-state index contributed by atoms with van der Waals surface area (Å²) in [7, 11) is -3.38. The minimum absolute atomic E-state index is 0.145. The van der Waals surface area contributed by atoms with Crippen LogP contribution in [0.3, 0.4) is 0 Å². The number of ether oxygens (including phenoxy) is 1. The lowest BCUT2D eigenvalue weighted by Gasteiger charge is -2.22. The van der Waals surface area contributed by atoms with Crippen LogP contribution < -0.4 is 14.8 Å². The maximum absolute atomic E-state index is 11.7. The van der Waals surface area contributed by atoms with E-state index in [0.29, 0.717) is 11.4 Å². The Hall–Kier alpha value is -2.74. The van der Waals surface area contributed by atoms with Crippen molar-refractivity contribution in [2.45, 2.75) is 46.1 Å². The second kappa shape index (κ2) is 8.95. The highest BCUT2D eigenvalue weighted by Gasteiger charge is 2.19. The lowest BCUT2D eigenvalue weighted by atomic mass is 9.86. The van der Waals surface area contributed by atoms with Gasteiger partial charge in [-0.05, 0) is 41.2 Å². The maximum atomic E-state index is 11.7. The van der Waals surface area contributed by atoms with Gasteiger partial charge in [0.15, 0.2) is 0 Å². The summed E-state index contributed by atoms with van der Waals surface area (Å²) < 4.78 is 31.3. The molecule has 0 aromatic heterocycles. The van der Waals surface area contributed by atoms with Gasteiger partial charge in [-0.2, -0.15) is 0 Å². The van der Waals surface area contributed by atoms with E-state index in [1.807, 2.05) is 26.8 Å². The molecule has 164 valence electrons. The first-order valence-electron chi connectivity index (χ1n) is 9.58. The predicted octanol–water partition coefficient (Wildman–Crippen LogP) is 3.63. The number of carbonyl (C=O) groups excluding carboxylic acids is 1. The van der Waals surface area contributed by atoms with Crippen molar-refractivity contribution >= 4 is 21.6 Å². The molecule has 8 heteroatoms. The molecule has 2 aromatic carbocycles. The van der Waals surface area contributed by atoms with Crippen LogP contribution in [0.5, 0.6) is 11.5 Å². The molecular formula is C22H30N2O5S. The third-order valence-electron chi connectivity index (χ3n) is 4.52. The smallest absolute Gasteiger partial charge is 0.229 e. The van der Waals surface area contributed by atoms with E-state index in [0.717, 1.165) is 22.9 Å². The fraction of sp³-hybridized carbons (Fsp3) is 0.409. The van der Waals surface area contributed by atoms with Gasteiger partial charge >= 0.3 is 0 Å². The molecule has 0 aliphatic carbocycles. The number of hydrogen-bond acceptors (Lipinski definition) is 5. The molecule has 0 radical (unpaired) electrons. The first kappa shape index (κ1) is 23.5. The fourth-order valence-corrected chi connectivity index (χ4v) is 3.73. The summed E-state index contributed by atoms with van der Waals surface area (Å²) in [4.78, 5) is 11.7. The average Bonchev–Trinajstić information content (AvgIpc) is 2.58. The number of carbonyl (C=O) groups is 1. The number of sulfonamides is 1. The number of hydrogen-bond donors (Lipinski definition) is 3. The van der Waals surface area contributed by atoms with Gasteiger partial charge in [0.25, 0.3) is 0 Å². The van der Waals surface area contributed by atoms with Crippen LogP contribution in [0.15, 0.2) is 36.4 Å². The molecule has 1 amide bonds. The van der Waals surface area contributed by atoms with E-state index >= 15 is 0 Å². The lowest BCUT2D eigenvalue weighted by molar-refractivity contribution is -0.119. The number of phenols is 1. The molecule has 0 saturated carbocycles. The van der Waals surface area contributed by atoms with Gasteiger partial charge in [-0.3, -0.25) is 9.52 Å². The van der Waals surface area contributed by atoms with Gasteiger partial charge in [0, 0.05) is 13.0 Å². The molecule has 3 N–H and O–H groups in total. The Balaban J connectivity index is 2.22. The van der Waals surface area contributed by atoms with Crippen molar-refractivity contribution in [1.29, 1.82) is 0 Å². The van der Waals surface area contributed by atoms with Crippen molar-refractivity contribution in [2.75, 3.05) is 17.6 Å². The predicted molar refractivity (Wildman–Crippen MR) is 119 cm³/mol. The van der Waals surface area contributed by atoms with Crippen molar-refractivity contribution in [3.63, 3.8) is 0 Å². The summed E-state index contributed by atoms with van der Waals surface area (Å²) in [6.45, 7) is 9.39. The Morgan fingerprint density at radius 3 is 2.33 bits per heavy atom. The first-order chi connectivity index (χ1) is 13.8. The van der Waals surface area contributed by atoms with Crippen LogP contribution in [0, 0.1) is 6.92 Å². The van der Waals surface area contributed by atoms with Crippen LogP contribution in [-0.2, 0) is 20.2 Å². The Kier molecular flexibility index (Phi) is 7.02. The Morgan fingerprint density at radius 1 is 1.17 bits per heavy atom. The number of rotatable bonds is 7. The Bertz CT molecular complexity index is 1030. The number of aryl methyl sites for hydroxylation is 1. The minimum Gasteiger partial charge on any atom is -0.508 e. The maximum Gasteiger partial charge on any atom is 0.229 e. The number of phenolic OH excluding ortho intramolecular Hbond substituents is 1. The molecule has 30 heavy (non-hydrogen) atoms. The van der Waals surface area contributed by atoms with E-state index in [1.165, 1.54) is 6.92 Å². The van der Waals surface area contributed by atoms with Gasteiger partial charge in [0.1, 0.15) is 18.1 Å². The SMILES string of the molecule is CC(=O)N[C@@H](COc1ccc(C(C)(C)C)c(O)c1)c1ccc(NS(C)(=O)=O)c(C)c1. The molecule has 1 atom stereocenters. The summed E-state index contributed by atoms with van der Waals surface area (Å²) in [5.74, 6) is 0.427. The van der Waals surface area contributed by atoms with Crippen LogP contribution in [-0.4, -0.2) is 32.3 Å². The molecule has 2 rings (SSSR count). The van der Waals surface area contributed by atoms with Gasteiger partial charge in [-0.15, -0.1) is 0 Å². The molecule has 0 aliphatic heterocycles. The van der Waals surface area contributed by atoms with Crippen molar-refractivity contribution in [1.82, 2.24) is 5.32 Å². The largest absolute Gasteiger partial charge is 0.508 e. The number of amides is 1. The molecule has 7 nitrogen and oxygen atoms in total. The normalized spacial score (nSPS) is 12.9. The second-order valence-corrected chi connectivity index (χ2v) is 10.2. The summed E-state index contributed by atoms with van der Waals surface area (Å²) >= 11 is 0. The Labute approximate surface area is 178 Å². The number of anilines is 1. The van der Waals surface area contributed by atoms with Crippen molar-refractivity contribution in [3.8, 4) is 11.5 Å². The van der Waals surface area contributed by atoms with Crippen LogP contribution in [0.2, 0.25) is 0 Å². The van der Waals surface area contributed by atoms with Crippen LogP contribution in [0.1, 0.15) is 50.4 Å². The summed E-state index contributed by atoms with van der Waals surface area (Å²) in [5, 5.41) is 13.2. The number of nitrogens with one attached hydrogen (secondary N) is 2. The molecule has 0 spiro atoms. The quantitative estimate of drug-likeness (QED) is 0.617. The zero-order valence-corrected chi connectivity index (χ0v) is 19.1. The topological polar surface area (TPSA) is 105 Å². The molecule has 0 unspecified atom stereocenters. The van der Waals surface area contributed by atoms with Crippen molar-refractivity contribution in [2.24, 2.45) is 0 Å². The summed E-state index contributed by atoms with van der Waals surface area (Å²) in [6.07, 6.45) is 1.09. The number of benzene rings is 2. The summed E-state index contributed by atoms with van der Waals surface area (Å²) in [6, 6.07) is 9.93. The molecule has 0 fully saturated rings. The van der Waals surface area contributed by atoms with Gasteiger partial charge in [-0.1, -0.05) is 39.0 Å². The fourth-order valence-electron chi connectivity index (χ4n) is 3.10. The average molecular weight is 435 g/mol. The van der Waals surface area contributed by atoms with Gasteiger partial charge in [0.05, 0.1) is 18.0 Å². The van der Waals surface area contributed by atoms with Crippen molar-refractivity contribution < 1.29 is 23.1 Å². The standard InChI is InChI=1S/C22H30N2O5S/c1-14-11-16(7-10-19(14)24-30(6,27)28)20(23-15(2)25)13-29-17-8-9-18(21(26)12-17)22(3,4)5/h7-12,20,24,26H,13H2,1-6H3,(H,23,25)/t20-/m0/s1. The summed E-state index contributed by atoms with van der Waals surface area (Å²) in [5.41, 5.74) is 2.60. The van der Waals surface area contributed by atoms with Gasteiger partial charge in [-0.25, -0.2) is 8.42 Å². The van der Waals surface area contributed by atoms with Crippen LogP contribution in [0.4, 0.5) is 5.69 Å². The molecule has 0 saturated heterocycles.